The van der Waals surface area contributed by atoms with Crippen molar-refractivity contribution in [3.63, 3.8) is 0 Å². The van der Waals surface area contributed by atoms with Gasteiger partial charge in [0.15, 0.2) is 0 Å². The number of piperidine rings is 1. The summed E-state index contributed by atoms with van der Waals surface area (Å²) in [6, 6.07) is 20.3. The summed E-state index contributed by atoms with van der Waals surface area (Å²) in [6.07, 6.45) is 2.67. The van der Waals surface area contributed by atoms with Crippen LogP contribution in [-0.2, 0) is 13.1 Å². The lowest BCUT2D eigenvalue weighted by molar-refractivity contribution is 0.122. The minimum absolute atomic E-state index is 0.722. The largest absolute Gasteiger partial charge is 0.306 e. The Bertz CT molecular complexity index is 689. The van der Waals surface area contributed by atoms with E-state index in [1.54, 1.807) is 0 Å². The second-order valence-electron chi connectivity index (χ2n) is 8.38. The minimum Gasteiger partial charge on any atom is -0.306 e. The molecule has 3 nitrogen and oxygen atoms in total. The van der Waals surface area contributed by atoms with Gasteiger partial charge in [-0.2, -0.15) is 0 Å². The number of nitrogens with zero attached hydrogens (tertiary/aromatic N) is 3. The van der Waals surface area contributed by atoms with E-state index >= 15 is 0 Å². The van der Waals surface area contributed by atoms with Crippen molar-refractivity contribution in [3.05, 3.63) is 71.3 Å². The monoisotopic (exact) mass is 363 g/mol. The number of hydrogen-bond acceptors (Lipinski definition) is 3. The summed E-state index contributed by atoms with van der Waals surface area (Å²) in [5.74, 6) is 0.722. The quantitative estimate of drug-likeness (QED) is 0.800. The predicted octanol–water partition coefficient (Wildman–Crippen LogP) is 3.81. The van der Waals surface area contributed by atoms with Crippen molar-refractivity contribution >= 4 is 0 Å². The standard InChI is InChI=1S/C24H33N3/c1-25-13-5-8-24(20-25)23-11-9-22(10-12-23)19-27-16-14-26(15-17-27)18-21-6-3-2-4-7-21/h2-4,6-7,9-12,24H,5,8,13-20H2,1H3. The zero-order valence-electron chi connectivity index (χ0n) is 16.7. The van der Waals surface area contributed by atoms with E-state index < -0.39 is 0 Å². The molecule has 0 saturated carbocycles. The molecule has 0 spiro atoms. The number of rotatable bonds is 5. The van der Waals surface area contributed by atoms with E-state index in [2.05, 4.69) is 76.3 Å². The summed E-state index contributed by atoms with van der Waals surface area (Å²) in [5, 5.41) is 0. The first-order valence-corrected chi connectivity index (χ1v) is 10.5. The Balaban J connectivity index is 1.25. The van der Waals surface area contributed by atoms with Gasteiger partial charge >= 0.3 is 0 Å². The van der Waals surface area contributed by atoms with Crippen LogP contribution >= 0.6 is 0 Å². The number of likely N-dealkylation sites (tertiary alicyclic amines) is 1. The fourth-order valence-corrected chi connectivity index (χ4v) is 4.54. The molecule has 2 fully saturated rings. The SMILES string of the molecule is CN1CCCC(c2ccc(CN3CCN(Cc4ccccc4)CC3)cc2)C1. The van der Waals surface area contributed by atoms with Crippen LogP contribution in [-0.4, -0.2) is 61.0 Å². The Morgan fingerprint density at radius 1 is 0.741 bits per heavy atom. The van der Waals surface area contributed by atoms with Crippen LogP contribution in [0.3, 0.4) is 0 Å². The highest BCUT2D eigenvalue weighted by Gasteiger charge is 2.20. The zero-order valence-corrected chi connectivity index (χ0v) is 16.7. The average Bonchev–Trinajstić information content (AvgIpc) is 2.71. The predicted molar refractivity (Wildman–Crippen MR) is 113 cm³/mol. The maximum atomic E-state index is 2.60. The van der Waals surface area contributed by atoms with Gasteiger partial charge in [0.2, 0.25) is 0 Å². The van der Waals surface area contributed by atoms with E-state index in [-0.39, 0.29) is 0 Å². The molecule has 1 unspecified atom stereocenters. The number of likely N-dealkylation sites (N-methyl/N-ethyl adjacent to an activating group) is 1. The van der Waals surface area contributed by atoms with Crippen molar-refractivity contribution in [1.82, 2.24) is 14.7 Å². The van der Waals surface area contributed by atoms with Crippen LogP contribution in [0.4, 0.5) is 0 Å². The third kappa shape index (κ3) is 5.19. The van der Waals surface area contributed by atoms with Crippen LogP contribution in [0.25, 0.3) is 0 Å². The van der Waals surface area contributed by atoms with E-state index in [9.17, 15) is 0 Å². The molecule has 27 heavy (non-hydrogen) atoms. The summed E-state index contributed by atoms with van der Waals surface area (Å²) in [7, 11) is 2.25. The smallest absolute Gasteiger partial charge is 0.0234 e. The van der Waals surface area contributed by atoms with Gasteiger partial charge in [-0.3, -0.25) is 9.80 Å². The molecule has 2 saturated heterocycles. The third-order valence-electron chi connectivity index (χ3n) is 6.20. The van der Waals surface area contributed by atoms with E-state index in [0.29, 0.717) is 0 Å². The Labute approximate surface area is 164 Å². The second kappa shape index (κ2) is 9.01. The van der Waals surface area contributed by atoms with Crippen LogP contribution in [0.1, 0.15) is 35.4 Å². The topological polar surface area (TPSA) is 9.72 Å². The van der Waals surface area contributed by atoms with Gasteiger partial charge < -0.3 is 4.90 Å². The first kappa shape index (κ1) is 18.7. The van der Waals surface area contributed by atoms with Crippen LogP contribution in [0.15, 0.2) is 54.6 Å². The van der Waals surface area contributed by atoms with Crippen LogP contribution in [0, 0.1) is 0 Å². The van der Waals surface area contributed by atoms with Crippen molar-refractivity contribution in [1.29, 1.82) is 0 Å². The van der Waals surface area contributed by atoms with E-state index in [1.807, 2.05) is 0 Å². The molecule has 144 valence electrons. The summed E-state index contributed by atoms with van der Waals surface area (Å²) >= 11 is 0. The Morgan fingerprint density at radius 2 is 1.33 bits per heavy atom. The maximum Gasteiger partial charge on any atom is 0.0234 e. The molecule has 2 aromatic carbocycles. The minimum atomic E-state index is 0.722. The zero-order chi connectivity index (χ0) is 18.5. The lowest BCUT2D eigenvalue weighted by Gasteiger charge is -2.35. The molecule has 0 aromatic heterocycles. The molecule has 2 heterocycles. The van der Waals surface area contributed by atoms with Crippen molar-refractivity contribution < 1.29 is 0 Å². The Hall–Kier alpha value is -1.68. The van der Waals surface area contributed by atoms with Gasteiger partial charge in [0.25, 0.3) is 0 Å². The van der Waals surface area contributed by atoms with Crippen LogP contribution in [0.5, 0.6) is 0 Å². The van der Waals surface area contributed by atoms with Crippen molar-refractivity contribution in [2.24, 2.45) is 0 Å². The highest BCUT2D eigenvalue weighted by molar-refractivity contribution is 5.26. The molecule has 0 bridgehead atoms. The van der Waals surface area contributed by atoms with E-state index in [0.717, 1.165) is 19.0 Å². The molecule has 2 aliphatic rings. The molecular formula is C24H33N3. The Kier molecular flexibility index (Phi) is 6.23. The number of piperazine rings is 1. The molecule has 2 aromatic rings. The highest BCUT2D eigenvalue weighted by atomic mass is 15.3. The van der Waals surface area contributed by atoms with Gasteiger partial charge in [0, 0.05) is 45.8 Å². The first-order chi connectivity index (χ1) is 13.3. The fourth-order valence-electron chi connectivity index (χ4n) is 4.54. The maximum absolute atomic E-state index is 2.60. The van der Waals surface area contributed by atoms with Crippen molar-refractivity contribution in [2.75, 3.05) is 46.3 Å². The van der Waals surface area contributed by atoms with Crippen molar-refractivity contribution in [2.45, 2.75) is 31.8 Å². The van der Waals surface area contributed by atoms with E-state index in [1.165, 1.54) is 68.8 Å². The second-order valence-corrected chi connectivity index (χ2v) is 8.38. The first-order valence-electron chi connectivity index (χ1n) is 10.5. The van der Waals surface area contributed by atoms with Crippen molar-refractivity contribution in [3.8, 4) is 0 Å². The van der Waals surface area contributed by atoms with Gasteiger partial charge in [-0.15, -0.1) is 0 Å². The normalized spacial score (nSPS) is 22.8. The summed E-state index contributed by atoms with van der Waals surface area (Å²) in [5.41, 5.74) is 4.41. The Morgan fingerprint density at radius 3 is 1.93 bits per heavy atom. The summed E-state index contributed by atoms with van der Waals surface area (Å²) in [4.78, 5) is 7.65. The molecule has 3 heteroatoms. The number of hydrogen-bond donors (Lipinski definition) is 0. The molecular weight excluding hydrogens is 330 g/mol. The van der Waals surface area contributed by atoms with Gasteiger partial charge in [-0.05, 0) is 49.0 Å². The number of benzene rings is 2. The molecule has 1 atom stereocenters. The molecule has 0 radical (unpaired) electrons. The molecule has 4 rings (SSSR count). The molecule has 0 amide bonds. The van der Waals surface area contributed by atoms with Gasteiger partial charge in [-0.25, -0.2) is 0 Å². The highest BCUT2D eigenvalue weighted by Crippen LogP contribution is 2.26. The lowest BCUT2D eigenvalue weighted by atomic mass is 9.90. The van der Waals surface area contributed by atoms with Crippen LogP contribution in [0.2, 0.25) is 0 Å². The molecule has 0 N–H and O–H groups in total. The van der Waals surface area contributed by atoms with Gasteiger partial charge in [0.05, 0.1) is 0 Å². The summed E-state index contributed by atoms with van der Waals surface area (Å²) in [6.45, 7) is 9.31. The molecule has 2 aliphatic heterocycles. The van der Waals surface area contributed by atoms with Crippen LogP contribution < -0.4 is 0 Å². The van der Waals surface area contributed by atoms with Gasteiger partial charge in [0.1, 0.15) is 0 Å². The fraction of sp³-hybridized carbons (Fsp3) is 0.500. The lowest BCUT2D eigenvalue weighted by Crippen LogP contribution is -2.45. The molecule has 0 aliphatic carbocycles. The van der Waals surface area contributed by atoms with Gasteiger partial charge in [-0.1, -0.05) is 54.6 Å². The summed E-state index contributed by atoms with van der Waals surface area (Å²) < 4.78 is 0. The third-order valence-corrected chi connectivity index (χ3v) is 6.20. The van der Waals surface area contributed by atoms with E-state index in [4.69, 9.17) is 0 Å². The average molecular weight is 364 g/mol.